The molecule has 0 radical (unpaired) electrons. The fourth-order valence-electron chi connectivity index (χ4n) is 0.637. The average Bonchev–Trinajstić information content (AvgIpc) is 1.90. The molecule has 48 valence electrons. The molecule has 1 unspecified atom stereocenters. The van der Waals surface area contributed by atoms with Crippen molar-refractivity contribution in [1.29, 1.82) is 0 Å². The van der Waals surface area contributed by atoms with Crippen molar-refractivity contribution in [1.82, 2.24) is 0 Å². The number of benzene rings is 1. The van der Waals surface area contributed by atoms with E-state index in [1.807, 2.05) is 30.3 Å². The number of hydrogen-bond donors (Lipinski definition) is 1. The van der Waals surface area contributed by atoms with Crippen molar-refractivity contribution in [3.05, 3.63) is 35.9 Å². The molecule has 1 rings (SSSR count). The highest BCUT2D eigenvalue weighted by molar-refractivity contribution is 14.1. The highest BCUT2D eigenvalue weighted by Crippen LogP contribution is 2.15. The van der Waals surface area contributed by atoms with Crippen molar-refractivity contribution < 1.29 is 0 Å². The van der Waals surface area contributed by atoms with Crippen LogP contribution in [-0.2, 0) is 0 Å². The average molecular weight is 233 g/mol. The smallest absolute Gasteiger partial charge is 0.0824 e. The summed E-state index contributed by atoms with van der Waals surface area (Å²) in [5.41, 5.74) is 6.78. The lowest BCUT2D eigenvalue weighted by Crippen LogP contribution is -1.99. The minimum atomic E-state index is 0.129. The lowest BCUT2D eigenvalue weighted by Gasteiger charge is -2.00. The molecule has 0 saturated carbocycles. The molecule has 2 N–H and O–H groups in total. The van der Waals surface area contributed by atoms with Crippen LogP contribution in [0.3, 0.4) is 0 Å². The zero-order chi connectivity index (χ0) is 6.69. The van der Waals surface area contributed by atoms with Crippen molar-refractivity contribution >= 4 is 22.6 Å². The Morgan fingerprint density at radius 3 is 2.11 bits per heavy atom. The van der Waals surface area contributed by atoms with E-state index in [2.05, 4.69) is 22.6 Å². The molecule has 1 atom stereocenters. The fourth-order valence-corrected chi connectivity index (χ4v) is 1.05. The Bertz CT molecular complexity index is 172. The number of hydrogen-bond acceptors (Lipinski definition) is 1. The van der Waals surface area contributed by atoms with E-state index >= 15 is 0 Å². The SMILES string of the molecule is NC(I)c1ccccc1. The van der Waals surface area contributed by atoms with Crippen molar-refractivity contribution in [2.75, 3.05) is 0 Å². The van der Waals surface area contributed by atoms with Crippen LogP contribution >= 0.6 is 22.6 Å². The van der Waals surface area contributed by atoms with Crippen LogP contribution < -0.4 is 5.73 Å². The first-order valence-electron chi connectivity index (χ1n) is 2.75. The Morgan fingerprint density at radius 1 is 1.22 bits per heavy atom. The molecule has 0 saturated heterocycles. The van der Waals surface area contributed by atoms with E-state index in [9.17, 15) is 0 Å². The van der Waals surface area contributed by atoms with Crippen LogP contribution in [0.25, 0.3) is 0 Å². The van der Waals surface area contributed by atoms with Crippen LogP contribution in [-0.4, -0.2) is 0 Å². The van der Waals surface area contributed by atoms with Gasteiger partial charge in [-0.2, -0.15) is 0 Å². The number of alkyl halides is 1. The highest BCUT2D eigenvalue weighted by atomic mass is 127. The summed E-state index contributed by atoms with van der Waals surface area (Å²) in [4.78, 5) is 0. The topological polar surface area (TPSA) is 26.0 Å². The van der Waals surface area contributed by atoms with Crippen molar-refractivity contribution in [3.8, 4) is 0 Å². The number of halogens is 1. The summed E-state index contributed by atoms with van der Waals surface area (Å²) in [6.45, 7) is 0. The normalized spacial score (nSPS) is 13.1. The first-order valence-corrected chi connectivity index (χ1v) is 4.00. The third-order valence-electron chi connectivity index (χ3n) is 1.12. The van der Waals surface area contributed by atoms with Gasteiger partial charge in [0, 0.05) is 0 Å². The van der Waals surface area contributed by atoms with Gasteiger partial charge in [-0.15, -0.1) is 0 Å². The van der Waals surface area contributed by atoms with Crippen LogP contribution in [0.4, 0.5) is 0 Å². The third-order valence-corrected chi connectivity index (χ3v) is 1.84. The molecule has 1 nitrogen and oxygen atoms in total. The first-order chi connectivity index (χ1) is 4.30. The molecule has 0 aromatic heterocycles. The van der Waals surface area contributed by atoms with Gasteiger partial charge in [0.15, 0.2) is 0 Å². The largest absolute Gasteiger partial charge is 0.316 e. The molecule has 2 heteroatoms. The van der Waals surface area contributed by atoms with Gasteiger partial charge in [0.1, 0.15) is 0 Å². The molecule has 0 aliphatic carbocycles. The molecular formula is C7H8IN. The van der Waals surface area contributed by atoms with Gasteiger partial charge in [0.2, 0.25) is 0 Å². The summed E-state index contributed by atoms with van der Waals surface area (Å²) in [5.74, 6) is 0. The molecule has 0 aliphatic heterocycles. The number of nitrogens with two attached hydrogens (primary N) is 1. The fraction of sp³-hybridized carbons (Fsp3) is 0.143. The van der Waals surface area contributed by atoms with Gasteiger partial charge in [-0.3, -0.25) is 0 Å². The summed E-state index contributed by atoms with van der Waals surface area (Å²) < 4.78 is 0.129. The molecule has 0 amide bonds. The molecule has 0 spiro atoms. The van der Waals surface area contributed by atoms with Crippen LogP contribution in [0.1, 0.15) is 9.61 Å². The van der Waals surface area contributed by atoms with E-state index in [0.29, 0.717) is 0 Å². The van der Waals surface area contributed by atoms with Crippen LogP contribution in [0.2, 0.25) is 0 Å². The highest BCUT2D eigenvalue weighted by Gasteiger charge is 1.95. The zero-order valence-electron chi connectivity index (χ0n) is 4.92. The number of rotatable bonds is 1. The molecule has 0 fully saturated rings. The molecule has 1 aromatic carbocycles. The standard InChI is InChI=1S/C7H8IN/c8-7(9)6-4-2-1-3-5-6/h1-5,7H,9H2. The van der Waals surface area contributed by atoms with E-state index in [0.717, 1.165) is 0 Å². The van der Waals surface area contributed by atoms with Crippen LogP contribution in [0.5, 0.6) is 0 Å². The van der Waals surface area contributed by atoms with Gasteiger partial charge in [-0.25, -0.2) is 0 Å². The maximum atomic E-state index is 5.60. The van der Waals surface area contributed by atoms with Crippen molar-refractivity contribution in [3.63, 3.8) is 0 Å². The minimum absolute atomic E-state index is 0.129. The zero-order valence-corrected chi connectivity index (χ0v) is 7.08. The van der Waals surface area contributed by atoms with Crippen LogP contribution in [0.15, 0.2) is 30.3 Å². The molecule has 0 heterocycles. The van der Waals surface area contributed by atoms with Crippen molar-refractivity contribution in [2.45, 2.75) is 4.05 Å². The van der Waals surface area contributed by atoms with E-state index in [1.54, 1.807) is 0 Å². The summed E-state index contributed by atoms with van der Waals surface area (Å²) in [5, 5.41) is 0. The Hall–Kier alpha value is -0.0900. The van der Waals surface area contributed by atoms with E-state index in [-0.39, 0.29) is 4.05 Å². The molecule has 0 aliphatic rings. The summed E-state index contributed by atoms with van der Waals surface area (Å²) in [6, 6.07) is 10.0. The quantitative estimate of drug-likeness (QED) is 0.448. The monoisotopic (exact) mass is 233 g/mol. The Labute approximate surface area is 68.4 Å². The van der Waals surface area contributed by atoms with Crippen LogP contribution in [0, 0.1) is 0 Å². The van der Waals surface area contributed by atoms with E-state index < -0.39 is 0 Å². The maximum Gasteiger partial charge on any atom is 0.0824 e. The Balaban J connectivity index is 2.85. The second-order valence-electron chi connectivity index (χ2n) is 1.81. The Morgan fingerprint density at radius 2 is 1.78 bits per heavy atom. The van der Waals surface area contributed by atoms with E-state index in [4.69, 9.17) is 5.73 Å². The molecule has 1 aromatic rings. The minimum Gasteiger partial charge on any atom is -0.316 e. The lowest BCUT2D eigenvalue weighted by molar-refractivity contribution is 1.08. The third kappa shape index (κ3) is 1.95. The van der Waals surface area contributed by atoms with Gasteiger partial charge in [0.05, 0.1) is 4.05 Å². The summed E-state index contributed by atoms with van der Waals surface area (Å²) in [6.07, 6.45) is 0. The van der Waals surface area contributed by atoms with E-state index in [1.165, 1.54) is 5.56 Å². The molecule has 9 heavy (non-hydrogen) atoms. The van der Waals surface area contributed by atoms with Gasteiger partial charge in [-0.05, 0) is 5.56 Å². The van der Waals surface area contributed by atoms with Crippen molar-refractivity contribution in [2.24, 2.45) is 5.73 Å². The van der Waals surface area contributed by atoms with Gasteiger partial charge in [0.25, 0.3) is 0 Å². The molecule has 0 bridgehead atoms. The van der Waals surface area contributed by atoms with Gasteiger partial charge < -0.3 is 5.73 Å². The molecular weight excluding hydrogens is 225 g/mol. The first kappa shape index (κ1) is 7.02. The maximum absolute atomic E-state index is 5.60. The Kier molecular flexibility index (Phi) is 2.48. The lowest BCUT2D eigenvalue weighted by atomic mass is 10.2. The van der Waals surface area contributed by atoms with Gasteiger partial charge in [-0.1, -0.05) is 52.9 Å². The predicted molar refractivity (Wildman–Crippen MR) is 47.4 cm³/mol. The second kappa shape index (κ2) is 3.17. The second-order valence-corrected chi connectivity index (χ2v) is 3.15. The predicted octanol–water partition coefficient (Wildman–Crippen LogP) is 2.08. The summed E-state index contributed by atoms with van der Waals surface area (Å²) in [7, 11) is 0. The van der Waals surface area contributed by atoms with Gasteiger partial charge >= 0.3 is 0 Å². The summed E-state index contributed by atoms with van der Waals surface area (Å²) >= 11 is 2.19.